The number of aliphatic carboxylic acids is 1. The first-order valence-electron chi connectivity index (χ1n) is 6.85. The number of quaternary nitrogens is 1. The molecule has 1 aliphatic heterocycles. The summed E-state index contributed by atoms with van der Waals surface area (Å²) in [7, 11) is 0. The van der Waals surface area contributed by atoms with E-state index in [1.807, 2.05) is 0 Å². The lowest BCUT2D eigenvalue weighted by atomic mass is 10.1. The van der Waals surface area contributed by atoms with Crippen molar-refractivity contribution in [3.8, 4) is 0 Å². The van der Waals surface area contributed by atoms with Crippen LogP contribution in [0.3, 0.4) is 0 Å². The van der Waals surface area contributed by atoms with Crippen molar-refractivity contribution in [1.29, 1.82) is 0 Å². The highest BCUT2D eigenvalue weighted by atomic mass is 35.5. The highest BCUT2D eigenvalue weighted by molar-refractivity contribution is 6.35. The van der Waals surface area contributed by atoms with Crippen molar-refractivity contribution in [3.05, 3.63) is 28.2 Å². The smallest absolute Gasteiger partial charge is 0.230 e. The maximum atomic E-state index is 12.1. The van der Waals surface area contributed by atoms with Gasteiger partial charge in [0.05, 0.1) is 36.3 Å². The van der Waals surface area contributed by atoms with Crippen LogP contribution < -0.4 is 15.3 Å². The second-order valence-electron chi connectivity index (χ2n) is 5.02. The summed E-state index contributed by atoms with van der Waals surface area (Å²) >= 11 is 11.8. The van der Waals surface area contributed by atoms with Gasteiger partial charge < -0.3 is 24.9 Å². The Morgan fingerprint density at radius 3 is 2.64 bits per heavy atom. The molecule has 1 heterocycles. The molecule has 22 heavy (non-hydrogen) atoms. The van der Waals surface area contributed by atoms with Crippen molar-refractivity contribution >= 4 is 40.8 Å². The van der Waals surface area contributed by atoms with E-state index in [4.69, 9.17) is 27.9 Å². The first-order valence-corrected chi connectivity index (χ1v) is 7.61. The molecule has 0 spiro atoms. The Hall–Kier alpha value is -1.34. The van der Waals surface area contributed by atoms with Crippen LogP contribution in [-0.2, 0) is 14.3 Å². The summed E-state index contributed by atoms with van der Waals surface area (Å²) in [5.41, 5.74) is 0.355. The number of benzene rings is 1. The van der Waals surface area contributed by atoms with E-state index in [-0.39, 0.29) is 6.42 Å². The van der Waals surface area contributed by atoms with E-state index in [0.717, 1.165) is 4.90 Å². The van der Waals surface area contributed by atoms with E-state index in [2.05, 4.69) is 5.32 Å². The Bertz CT molecular complexity index is 562. The summed E-state index contributed by atoms with van der Waals surface area (Å²) in [6.07, 6.45) is -0.194. The zero-order chi connectivity index (χ0) is 16.1. The molecule has 1 aliphatic rings. The number of hydrogen-bond donors (Lipinski definition) is 2. The molecule has 0 saturated carbocycles. The molecule has 2 N–H and O–H groups in total. The van der Waals surface area contributed by atoms with E-state index in [0.29, 0.717) is 42.0 Å². The van der Waals surface area contributed by atoms with Gasteiger partial charge in [-0.3, -0.25) is 4.79 Å². The fraction of sp³-hybridized carbons (Fsp3) is 0.429. The number of amides is 1. The first kappa shape index (κ1) is 17.0. The van der Waals surface area contributed by atoms with Crippen molar-refractivity contribution in [2.24, 2.45) is 0 Å². The minimum absolute atomic E-state index is 0.194. The second-order valence-corrected chi connectivity index (χ2v) is 5.86. The monoisotopic (exact) mass is 346 g/mol. The van der Waals surface area contributed by atoms with Gasteiger partial charge in [0.2, 0.25) is 5.91 Å². The van der Waals surface area contributed by atoms with E-state index < -0.39 is 17.9 Å². The minimum atomic E-state index is -1.25. The Balaban J connectivity index is 2.01. The Morgan fingerprint density at radius 1 is 1.32 bits per heavy atom. The molecule has 0 aromatic heterocycles. The zero-order valence-corrected chi connectivity index (χ0v) is 13.2. The van der Waals surface area contributed by atoms with E-state index in [1.165, 1.54) is 6.07 Å². The van der Waals surface area contributed by atoms with Gasteiger partial charge in [0.1, 0.15) is 19.1 Å². The van der Waals surface area contributed by atoms with Gasteiger partial charge in [0.15, 0.2) is 0 Å². The Morgan fingerprint density at radius 2 is 2.00 bits per heavy atom. The summed E-state index contributed by atoms with van der Waals surface area (Å²) in [6.45, 7) is 2.01. The summed E-state index contributed by atoms with van der Waals surface area (Å²) in [5, 5.41) is 14.7. The van der Waals surface area contributed by atoms with Gasteiger partial charge in [-0.1, -0.05) is 23.2 Å². The first-order chi connectivity index (χ1) is 10.5. The third kappa shape index (κ3) is 4.58. The molecule has 1 amide bonds. The Labute approximate surface area is 137 Å². The van der Waals surface area contributed by atoms with Gasteiger partial charge in [0.25, 0.3) is 0 Å². The third-order valence-electron chi connectivity index (χ3n) is 3.50. The molecule has 0 bridgehead atoms. The molecular weight excluding hydrogens is 331 g/mol. The van der Waals surface area contributed by atoms with Crippen molar-refractivity contribution in [2.75, 3.05) is 31.6 Å². The molecule has 1 atom stereocenters. The van der Waals surface area contributed by atoms with Crippen LogP contribution in [0.25, 0.3) is 0 Å². The number of rotatable bonds is 5. The number of carboxylic acid groups (broad SMARTS) is 1. The predicted octanol–water partition coefficient (Wildman–Crippen LogP) is -0.644. The highest BCUT2D eigenvalue weighted by Gasteiger charge is 2.28. The zero-order valence-electron chi connectivity index (χ0n) is 11.7. The molecule has 1 aromatic rings. The van der Waals surface area contributed by atoms with Crippen LogP contribution in [0.1, 0.15) is 6.42 Å². The van der Waals surface area contributed by atoms with Crippen molar-refractivity contribution in [1.82, 2.24) is 0 Å². The van der Waals surface area contributed by atoms with Gasteiger partial charge in [-0.2, -0.15) is 0 Å². The van der Waals surface area contributed by atoms with Crippen LogP contribution in [0, 0.1) is 0 Å². The van der Waals surface area contributed by atoms with Gasteiger partial charge in [0, 0.05) is 5.02 Å². The van der Waals surface area contributed by atoms with Crippen LogP contribution in [-0.4, -0.2) is 44.2 Å². The molecule has 120 valence electrons. The standard InChI is InChI=1S/C14H16Cl2N2O4/c15-9-1-2-10(16)11(7-9)17-13(19)8-12(14(20)21)18-3-5-22-6-4-18/h1-2,7,12H,3-6,8H2,(H,17,19)(H,20,21)/t12-/m0/s1. The summed E-state index contributed by atoms with van der Waals surface area (Å²) < 4.78 is 5.19. The van der Waals surface area contributed by atoms with E-state index >= 15 is 0 Å². The fourth-order valence-corrected chi connectivity index (χ4v) is 2.69. The lowest BCUT2D eigenvalue weighted by molar-refractivity contribution is -0.925. The molecule has 0 aliphatic carbocycles. The number of anilines is 1. The number of ether oxygens (including phenoxy) is 1. The summed E-state index contributed by atoms with van der Waals surface area (Å²) in [4.78, 5) is 24.2. The largest absolute Gasteiger partial charge is 0.544 e. The molecule has 0 radical (unpaired) electrons. The molecule has 1 fully saturated rings. The number of halogens is 2. The van der Waals surface area contributed by atoms with Crippen molar-refractivity contribution in [3.63, 3.8) is 0 Å². The SMILES string of the molecule is O=C(C[C@@H](C(=O)[O-])[NH+]1CCOCC1)Nc1cc(Cl)ccc1Cl. The van der Waals surface area contributed by atoms with Gasteiger partial charge in [-0.05, 0) is 18.2 Å². The van der Waals surface area contributed by atoms with Crippen LogP contribution in [0.15, 0.2) is 18.2 Å². The van der Waals surface area contributed by atoms with Gasteiger partial charge in [-0.15, -0.1) is 0 Å². The molecule has 1 saturated heterocycles. The topological polar surface area (TPSA) is 82.9 Å². The summed E-state index contributed by atoms with van der Waals surface area (Å²) in [6, 6.07) is 3.75. The molecule has 0 unspecified atom stereocenters. The molecule has 8 heteroatoms. The predicted molar refractivity (Wildman–Crippen MR) is 80.0 cm³/mol. The molecular formula is C14H16Cl2N2O4. The molecule has 6 nitrogen and oxygen atoms in total. The number of carboxylic acids is 1. The lowest BCUT2D eigenvalue weighted by Crippen LogP contribution is -3.19. The molecule has 1 aromatic carbocycles. The van der Waals surface area contributed by atoms with Gasteiger partial charge in [-0.25, -0.2) is 0 Å². The lowest BCUT2D eigenvalue weighted by Gasteiger charge is -2.31. The minimum Gasteiger partial charge on any atom is -0.544 e. The maximum absolute atomic E-state index is 12.1. The number of carbonyl (C=O) groups is 2. The number of morpholine rings is 1. The van der Waals surface area contributed by atoms with Crippen LogP contribution in [0.4, 0.5) is 5.69 Å². The third-order valence-corrected chi connectivity index (χ3v) is 4.07. The van der Waals surface area contributed by atoms with Crippen LogP contribution >= 0.6 is 23.2 Å². The average molecular weight is 347 g/mol. The Kier molecular flexibility index (Phi) is 6.02. The number of carbonyl (C=O) groups excluding carboxylic acids is 2. The summed E-state index contributed by atoms with van der Waals surface area (Å²) in [5.74, 6) is -1.69. The fourth-order valence-electron chi connectivity index (χ4n) is 2.36. The van der Waals surface area contributed by atoms with E-state index in [1.54, 1.807) is 12.1 Å². The number of hydrogen-bond acceptors (Lipinski definition) is 4. The highest BCUT2D eigenvalue weighted by Crippen LogP contribution is 2.25. The molecule has 2 rings (SSSR count). The maximum Gasteiger partial charge on any atom is 0.230 e. The quantitative estimate of drug-likeness (QED) is 0.742. The number of nitrogens with one attached hydrogen (secondary N) is 2. The van der Waals surface area contributed by atoms with Crippen LogP contribution in [0.5, 0.6) is 0 Å². The average Bonchev–Trinajstić information content (AvgIpc) is 2.49. The normalized spacial score (nSPS) is 17.0. The van der Waals surface area contributed by atoms with Crippen molar-refractivity contribution in [2.45, 2.75) is 12.5 Å². The second kappa shape index (κ2) is 7.78. The van der Waals surface area contributed by atoms with Crippen molar-refractivity contribution < 1.29 is 24.3 Å². The van der Waals surface area contributed by atoms with Gasteiger partial charge >= 0.3 is 0 Å². The van der Waals surface area contributed by atoms with E-state index in [9.17, 15) is 14.7 Å². The van der Waals surface area contributed by atoms with Crippen LogP contribution in [0.2, 0.25) is 10.0 Å².